The molecule has 1 amide bonds. The van der Waals surface area contributed by atoms with Gasteiger partial charge in [-0.2, -0.15) is 5.10 Å². The third kappa shape index (κ3) is 5.44. The molecule has 2 N–H and O–H groups in total. The molecule has 0 aliphatic carbocycles. The van der Waals surface area contributed by atoms with E-state index in [9.17, 15) is 4.79 Å². The molecule has 1 aliphatic heterocycles. The van der Waals surface area contributed by atoms with E-state index in [0.717, 1.165) is 58.2 Å². The molecule has 5 nitrogen and oxygen atoms in total. The Labute approximate surface area is 133 Å². The SMILES string of the molecule is CCCC(C)NC(=O)C1CCCN(CCCc2cn[nH]c2)C1. The van der Waals surface area contributed by atoms with Crippen LogP contribution in [0.3, 0.4) is 0 Å². The maximum absolute atomic E-state index is 12.3. The zero-order valence-electron chi connectivity index (χ0n) is 14.0. The van der Waals surface area contributed by atoms with Crippen LogP contribution in [0, 0.1) is 5.92 Å². The molecule has 1 fully saturated rings. The molecule has 0 aromatic carbocycles. The van der Waals surface area contributed by atoms with Crippen molar-refractivity contribution in [3.8, 4) is 0 Å². The van der Waals surface area contributed by atoms with E-state index in [0.29, 0.717) is 6.04 Å². The Morgan fingerprint density at radius 1 is 1.59 bits per heavy atom. The number of amides is 1. The third-order valence-electron chi connectivity index (χ3n) is 4.48. The molecule has 1 aromatic rings. The highest BCUT2D eigenvalue weighted by Gasteiger charge is 2.26. The number of hydrogen-bond donors (Lipinski definition) is 2. The highest BCUT2D eigenvalue weighted by molar-refractivity contribution is 5.79. The standard InChI is InChI=1S/C17H30N4O/c1-3-6-14(2)20-17(22)16-8-5-10-21(13-16)9-4-7-15-11-18-19-12-15/h11-12,14,16H,3-10,13H2,1-2H3,(H,18,19)(H,20,22). The smallest absolute Gasteiger partial charge is 0.224 e. The number of aryl methyl sites for hydroxylation is 1. The topological polar surface area (TPSA) is 61.0 Å². The Morgan fingerprint density at radius 3 is 3.18 bits per heavy atom. The molecule has 0 saturated carbocycles. The first-order chi connectivity index (χ1) is 10.7. The number of rotatable bonds is 8. The second-order valence-electron chi connectivity index (χ2n) is 6.55. The van der Waals surface area contributed by atoms with Crippen molar-refractivity contribution < 1.29 is 4.79 Å². The summed E-state index contributed by atoms with van der Waals surface area (Å²) in [5.41, 5.74) is 1.26. The van der Waals surface area contributed by atoms with Crippen LogP contribution in [0.5, 0.6) is 0 Å². The summed E-state index contributed by atoms with van der Waals surface area (Å²) in [6.07, 6.45) is 10.4. The molecule has 1 aliphatic rings. The van der Waals surface area contributed by atoms with Gasteiger partial charge in [-0.05, 0) is 57.7 Å². The number of aromatic nitrogens is 2. The number of carbonyl (C=O) groups excluding carboxylic acids is 1. The van der Waals surface area contributed by atoms with Gasteiger partial charge in [0.25, 0.3) is 0 Å². The molecular weight excluding hydrogens is 276 g/mol. The van der Waals surface area contributed by atoms with Crippen LogP contribution >= 0.6 is 0 Å². The Morgan fingerprint density at radius 2 is 2.45 bits per heavy atom. The number of aromatic amines is 1. The normalized spacial score (nSPS) is 20.7. The van der Waals surface area contributed by atoms with Crippen LogP contribution in [0.2, 0.25) is 0 Å². The van der Waals surface area contributed by atoms with Crippen molar-refractivity contribution in [3.05, 3.63) is 18.0 Å². The summed E-state index contributed by atoms with van der Waals surface area (Å²) in [6, 6.07) is 0.300. The summed E-state index contributed by atoms with van der Waals surface area (Å²) in [7, 11) is 0. The predicted molar refractivity (Wildman–Crippen MR) is 88.6 cm³/mol. The Bertz CT molecular complexity index is 432. The monoisotopic (exact) mass is 306 g/mol. The summed E-state index contributed by atoms with van der Waals surface area (Å²) in [5.74, 6) is 0.419. The molecule has 124 valence electrons. The van der Waals surface area contributed by atoms with E-state index in [1.807, 2.05) is 12.4 Å². The van der Waals surface area contributed by atoms with Crippen LogP contribution in [0.25, 0.3) is 0 Å². The second kappa shape index (κ2) is 8.93. The van der Waals surface area contributed by atoms with Crippen LogP contribution in [0.15, 0.2) is 12.4 Å². The van der Waals surface area contributed by atoms with Gasteiger partial charge in [0.2, 0.25) is 5.91 Å². The van der Waals surface area contributed by atoms with Gasteiger partial charge in [0, 0.05) is 18.8 Å². The predicted octanol–water partition coefficient (Wildman–Crippen LogP) is 2.36. The number of carbonyl (C=O) groups is 1. The van der Waals surface area contributed by atoms with Gasteiger partial charge >= 0.3 is 0 Å². The average Bonchev–Trinajstić information content (AvgIpc) is 3.01. The summed E-state index contributed by atoms with van der Waals surface area (Å²) in [4.78, 5) is 14.8. The van der Waals surface area contributed by atoms with Crippen LogP contribution in [-0.4, -0.2) is 46.7 Å². The van der Waals surface area contributed by atoms with E-state index in [1.54, 1.807) is 0 Å². The zero-order valence-corrected chi connectivity index (χ0v) is 14.0. The van der Waals surface area contributed by atoms with Gasteiger partial charge < -0.3 is 10.2 Å². The van der Waals surface area contributed by atoms with Crippen LogP contribution in [0.4, 0.5) is 0 Å². The first kappa shape index (κ1) is 17.0. The van der Waals surface area contributed by atoms with E-state index < -0.39 is 0 Å². The highest BCUT2D eigenvalue weighted by Crippen LogP contribution is 2.17. The lowest BCUT2D eigenvalue weighted by molar-refractivity contribution is -0.127. The molecule has 1 aromatic heterocycles. The maximum Gasteiger partial charge on any atom is 0.224 e. The summed E-state index contributed by atoms with van der Waals surface area (Å²) in [6.45, 7) is 7.37. The zero-order chi connectivity index (χ0) is 15.8. The van der Waals surface area contributed by atoms with Crippen molar-refractivity contribution in [1.29, 1.82) is 0 Å². The number of likely N-dealkylation sites (tertiary alicyclic amines) is 1. The Hall–Kier alpha value is -1.36. The van der Waals surface area contributed by atoms with Crippen molar-refractivity contribution in [1.82, 2.24) is 20.4 Å². The van der Waals surface area contributed by atoms with Crippen molar-refractivity contribution in [3.63, 3.8) is 0 Å². The number of H-pyrrole nitrogens is 1. The highest BCUT2D eigenvalue weighted by atomic mass is 16.2. The molecule has 2 atom stereocenters. The molecule has 0 spiro atoms. The Kier molecular flexibility index (Phi) is 6.90. The minimum absolute atomic E-state index is 0.169. The minimum atomic E-state index is 0.169. The second-order valence-corrected chi connectivity index (χ2v) is 6.55. The van der Waals surface area contributed by atoms with E-state index >= 15 is 0 Å². The molecule has 1 saturated heterocycles. The van der Waals surface area contributed by atoms with Crippen LogP contribution in [-0.2, 0) is 11.2 Å². The number of hydrogen-bond acceptors (Lipinski definition) is 3. The van der Waals surface area contributed by atoms with E-state index in [4.69, 9.17) is 0 Å². The van der Waals surface area contributed by atoms with E-state index in [2.05, 4.69) is 34.3 Å². The molecule has 0 bridgehead atoms. The quantitative estimate of drug-likeness (QED) is 0.775. The van der Waals surface area contributed by atoms with Gasteiger partial charge in [0.15, 0.2) is 0 Å². The fraction of sp³-hybridized carbons (Fsp3) is 0.765. The number of nitrogens with one attached hydrogen (secondary N) is 2. The molecular formula is C17H30N4O. The largest absolute Gasteiger partial charge is 0.353 e. The van der Waals surface area contributed by atoms with Crippen LogP contribution < -0.4 is 5.32 Å². The third-order valence-corrected chi connectivity index (χ3v) is 4.48. The summed E-state index contributed by atoms with van der Waals surface area (Å²) < 4.78 is 0. The lowest BCUT2D eigenvalue weighted by Crippen LogP contribution is -2.45. The number of piperidine rings is 1. The first-order valence-electron chi connectivity index (χ1n) is 8.69. The van der Waals surface area contributed by atoms with E-state index in [-0.39, 0.29) is 11.8 Å². The van der Waals surface area contributed by atoms with Gasteiger partial charge in [-0.1, -0.05) is 13.3 Å². The molecule has 5 heteroatoms. The van der Waals surface area contributed by atoms with Gasteiger partial charge in [0.1, 0.15) is 0 Å². The summed E-state index contributed by atoms with van der Waals surface area (Å²) in [5, 5.41) is 10.00. The van der Waals surface area contributed by atoms with Crippen LogP contribution in [0.1, 0.15) is 51.5 Å². The van der Waals surface area contributed by atoms with Gasteiger partial charge in [-0.3, -0.25) is 9.89 Å². The molecule has 2 rings (SSSR count). The Balaban J connectivity index is 1.70. The fourth-order valence-corrected chi connectivity index (χ4v) is 3.26. The van der Waals surface area contributed by atoms with Gasteiger partial charge in [0.05, 0.1) is 12.1 Å². The molecule has 22 heavy (non-hydrogen) atoms. The maximum atomic E-state index is 12.3. The summed E-state index contributed by atoms with van der Waals surface area (Å²) >= 11 is 0. The van der Waals surface area contributed by atoms with Crippen molar-refractivity contribution in [2.75, 3.05) is 19.6 Å². The molecule has 0 radical (unpaired) electrons. The number of nitrogens with zero attached hydrogens (tertiary/aromatic N) is 2. The van der Waals surface area contributed by atoms with Gasteiger partial charge in [-0.25, -0.2) is 0 Å². The van der Waals surface area contributed by atoms with Crippen molar-refractivity contribution >= 4 is 5.91 Å². The average molecular weight is 306 g/mol. The van der Waals surface area contributed by atoms with Crippen molar-refractivity contribution in [2.45, 2.75) is 58.4 Å². The lowest BCUT2D eigenvalue weighted by atomic mass is 9.96. The first-order valence-corrected chi connectivity index (χ1v) is 8.69. The van der Waals surface area contributed by atoms with Gasteiger partial charge in [-0.15, -0.1) is 0 Å². The van der Waals surface area contributed by atoms with E-state index in [1.165, 1.54) is 5.56 Å². The lowest BCUT2D eigenvalue weighted by Gasteiger charge is -2.32. The molecule has 2 unspecified atom stereocenters. The van der Waals surface area contributed by atoms with Crippen molar-refractivity contribution in [2.24, 2.45) is 5.92 Å². The minimum Gasteiger partial charge on any atom is -0.353 e. The fourth-order valence-electron chi connectivity index (χ4n) is 3.26. The molecule has 2 heterocycles.